The van der Waals surface area contributed by atoms with Gasteiger partial charge >= 0.3 is 0 Å². The highest BCUT2D eigenvalue weighted by Crippen LogP contribution is 2.29. The Balaban J connectivity index is 0.00000156. The average Bonchev–Trinajstić information content (AvgIpc) is 3.14. The van der Waals surface area contributed by atoms with E-state index in [4.69, 9.17) is 0 Å². The zero-order chi connectivity index (χ0) is 14.9. The van der Waals surface area contributed by atoms with Gasteiger partial charge in [-0.1, -0.05) is 46.3 Å². The number of rotatable bonds is 3. The van der Waals surface area contributed by atoms with E-state index < -0.39 is 0 Å². The van der Waals surface area contributed by atoms with Gasteiger partial charge in [0.25, 0.3) is 0 Å². The largest absolute Gasteiger partial charge is 1.00 e. The number of aromatic nitrogens is 1. The fraction of sp³-hybridized carbons (Fsp3) is 0.263. The molecule has 3 aromatic rings. The third-order valence-corrected chi connectivity index (χ3v) is 5.30. The van der Waals surface area contributed by atoms with Crippen LogP contribution in [0.2, 0.25) is 0 Å². The molecule has 1 aliphatic rings. The summed E-state index contributed by atoms with van der Waals surface area (Å²) in [5.41, 5.74) is 4.15. The van der Waals surface area contributed by atoms with E-state index in [0.29, 0.717) is 6.04 Å². The van der Waals surface area contributed by atoms with Crippen LogP contribution in [0.5, 0.6) is 0 Å². The first kappa shape index (κ1) is 16.6. The summed E-state index contributed by atoms with van der Waals surface area (Å²) in [4.78, 5) is 5.13. The van der Waals surface area contributed by atoms with Gasteiger partial charge in [-0.15, -0.1) is 0 Å². The zero-order valence-electron chi connectivity index (χ0n) is 12.9. The van der Waals surface area contributed by atoms with Crippen LogP contribution >= 0.6 is 15.9 Å². The molecule has 0 saturated carbocycles. The normalized spacial score (nSPS) is 20.6. The van der Waals surface area contributed by atoms with Crippen molar-refractivity contribution in [3.8, 4) is 0 Å². The summed E-state index contributed by atoms with van der Waals surface area (Å²) in [6.45, 7) is 2.38. The number of nitrogens with one attached hydrogen (secondary N) is 2. The van der Waals surface area contributed by atoms with Gasteiger partial charge in [-0.25, -0.2) is 0 Å². The summed E-state index contributed by atoms with van der Waals surface area (Å²) in [7, 11) is 0. The Morgan fingerprint density at radius 1 is 1.13 bits per heavy atom. The van der Waals surface area contributed by atoms with Crippen molar-refractivity contribution in [2.24, 2.45) is 0 Å². The van der Waals surface area contributed by atoms with Crippen LogP contribution in [0.1, 0.15) is 30.0 Å². The van der Waals surface area contributed by atoms with Gasteiger partial charge in [0.15, 0.2) is 0 Å². The smallest absolute Gasteiger partial charge is 0.116 e. The molecule has 1 aliphatic heterocycles. The van der Waals surface area contributed by atoms with Crippen molar-refractivity contribution in [2.75, 3.05) is 6.54 Å². The monoisotopic (exact) mass is 390 g/mol. The lowest BCUT2D eigenvalue weighted by Crippen LogP contribution is -3.08. The first-order valence-corrected chi connectivity index (χ1v) is 8.75. The van der Waals surface area contributed by atoms with Crippen LogP contribution in [0.25, 0.3) is 10.9 Å². The summed E-state index contributed by atoms with van der Waals surface area (Å²) >= 11 is 3.61. The molecule has 0 radical (unpaired) electrons. The van der Waals surface area contributed by atoms with Crippen LogP contribution in [0, 0.1) is 0 Å². The zero-order valence-corrected chi connectivity index (χ0v) is 15.2. The predicted octanol–water partition coefficient (Wildman–Crippen LogP) is 0.854. The Morgan fingerprint density at radius 3 is 2.78 bits per heavy atom. The molecule has 2 heterocycles. The number of hydrogen-bond acceptors (Lipinski definition) is 0. The van der Waals surface area contributed by atoms with Crippen molar-refractivity contribution in [3.05, 3.63) is 70.3 Å². The third-order valence-electron chi connectivity index (χ3n) is 4.81. The minimum absolute atomic E-state index is 0. The van der Waals surface area contributed by atoms with E-state index in [2.05, 4.69) is 75.6 Å². The van der Waals surface area contributed by atoms with Crippen LogP contribution in [0.3, 0.4) is 0 Å². The fourth-order valence-corrected chi connectivity index (χ4v) is 4.12. The van der Waals surface area contributed by atoms with Crippen LogP contribution in [0.4, 0.5) is 0 Å². The number of fused-ring (bicyclic) bond motifs is 1. The molecule has 0 aliphatic carbocycles. The molecule has 2 unspecified atom stereocenters. The minimum Gasteiger partial charge on any atom is -1.00 e. The SMILES string of the molecule is Brc1ccc2[nH]cc(C3CCC[NH+]3Cc3ccccc3)c2c1.[Cl-]. The molecule has 120 valence electrons. The number of hydrogen-bond donors (Lipinski definition) is 2. The first-order valence-electron chi connectivity index (χ1n) is 7.96. The van der Waals surface area contributed by atoms with Crippen molar-refractivity contribution in [3.63, 3.8) is 0 Å². The van der Waals surface area contributed by atoms with Crippen LogP contribution in [-0.2, 0) is 6.54 Å². The lowest BCUT2D eigenvalue weighted by Gasteiger charge is -2.21. The molecule has 2 N–H and O–H groups in total. The number of H-pyrrole nitrogens is 1. The van der Waals surface area contributed by atoms with Crippen molar-refractivity contribution < 1.29 is 17.3 Å². The van der Waals surface area contributed by atoms with E-state index in [1.165, 1.54) is 41.4 Å². The van der Waals surface area contributed by atoms with Crippen LogP contribution in [-0.4, -0.2) is 11.5 Å². The molecule has 0 spiro atoms. The molecule has 0 amide bonds. The van der Waals surface area contributed by atoms with Crippen molar-refractivity contribution in [1.82, 2.24) is 4.98 Å². The topological polar surface area (TPSA) is 20.2 Å². The average molecular weight is 392 g/mol. The van der Waals surface area contributed by atoms with Gasteiger partial charge in [0.2, 0.25) is 0 Å². The predicted molar refractivity (Wildman–Crippen MR) is 93.9 cm³/mol. The summed E-state index contributed by atoms with van der Waals surface area (Å²) in [5.74, 6) is 0. The second-order valence-electron chi connectivity index (χ2n) is 6.20. The molecule has 0 bridgehead atoms. The lowest BCUT2D eigenvalue weighted by atomic mass is 10.0. The molecule has 4 rings (SSSR count). The van der Waals surface area contributed by atoms with Gasteiger partial charge < -0.3 is 22.3 Å². The van der Waals surface area contributed by atoms with E-state index >= 15 is 0 Å². The summed E-state index contributed by atoms with van der Waals surface area (Å²) < 4.78 is 1.16. The first-order chi connectivity index (χ1) is 10.8. The molecule has 4 heteroatoms. The highest BCUT2D eigenvalue weighted by molar-refractivity contribution is 9.10. The molecule has 2 aromatic carbocycles. The number of quaternary nitrogens is 1. The lowest BCUT2D eigenvalue weighted by molar-refractivity contribution is -0.931. The molecule has 2 atom stereocenters. The van der Waals surface area contributed by atoms with Gasteiger partial charge in [0, 0.05) is 45.5 Å². The minimum atomic E-state index is 0. The van der Waals surface area contributed by atoms with Crippen molar-refractivity contribution >= 4 is 26.8 Å². The van der Waals surface area contributed by atoms with E-state index in [9.17, 15) is 0 Å². The van der Waals surface area contributed by atoms with Gasteiger partial charge in [0.1, 0.15) is 12.6 Å². The van der Waals surface area contributed by atoms with E-state index in [-0.39, 0.29) is 12.4 Å². The maximum Gasteiger partial charge on any atom is 0.116 e. The number of aromatic amines is 1. The van der Waals surface area contributed by atoms with Gasteiger partial charge in [-0.2, -0.15) is 0 Å². The second kappa shape index (κ2) is 7.08. The Labute approximate surface area is 151 Å². The Bertz CT molecular complexity index is 784. The Morgan fingerprint density at radius 2 is 1.96 bits per heavy atom. The second-order valence-corrected chi connectivity index (χ2v) is 7.12. The quantitative estimate of drug-likeness (QED) is 0.660. The van der Waals surface area contributed by atoms with Gasteiger partial charge in [0.05, 0.1) is 6.54 Å². The van der Waals surface area contributed by atoms with Gasteiger partial charge in [-0.05, 0) is 18.2 Å². The fourth-order valence-electron chi connectivity index (χ4n) is 3.76. The maximum atomic E-state index is 3.61. The van der Waals surface area contributed by atoms with Gasteiger partial charge in [-0.3, -0.25) is 0 Å². The van der Waals surface area contributed by atoms with Crippen molar-refractivity contribution in [2.45, 2.75) is 25.4 Å². The summed E-state index contributed by atoms with van der Waals surface area (Å²) in [6.07, 6.45) is 4.81. The molecular formula is C19H20BrClN2. The number of likely N-dealkylation sites (tertiary alicyclic amines) is 1. The Kier molecular flexibility index (Phi) is 5.10. The summed E-state index contributed by atoms with van der Waals surface area (Å²) in [5, 5.41) is 1.37. The molecule has 2 nitrogen and oxygen atoms in total. The number of benzene rings is 2. The molecule has 23 heavy (non-hydrogen) atoms. The maximum absolute atomic E-state index is 3.61. The molecule has 1 saturated heterocycles. The van der Waals surface area contributed by atoms with E-state index in [0.717, 1.165) is 11.0 Å². The molecular weight excluding hydrogens is 372 g/mol. The number of halogens is 2. The third kappa shape index (κ3) is 3.32. The molecule has 1 aromatic heterocycles. The standard InChI is InChI=1S/C19H19BrN2.ClH/c20-15-8-9-18-16(11-15)17(12-21-18)19-7-4-10-22(19)13-14-5-2-1-3-6-14;/h1-3,5-6,8-9,11-12,19,21H,4,7,10,13H2;1H. The van der Waals surface area contributed by atoms with Crippen LogP contribution < -0.4 is 17.3 Å². The van der Waals surface area contributed by atoms with Crippen LogP contribution in [0.15, 0.2) is 59.2 Å². The molecule has 1 fully saturated rings. The summed E-state index contributed by atoms with van der Waals surface area (Å²) in [6, 6.07) is 18.0. The van der Waals surface area contributed by atoms with Crippen molar-refractivity contribution in [1.29, 1.82) is 0 Å². The van der Waals surface area contributed by atoms with E-state index in [1.54, 1.807) is 4.90 Å². The Hall–Kier alpha value is -1.29. The highest BCUT2D eigenvalue weighted by Gasteiger charge is 2.31. The highest BCUT2D eigenvalue weighted by atomic mass is 79.9. The van der Waals surface area contributed by atoms with E-state index in [1.807, 2.05) is 0 Å².